The molecule has 26 heavy (non-hydrogen) atoms. The maximum Gasteiger partial charge on any atom is 0.335 e. The number of methoxy groups -OCH3 is 1. The lowest BCUT2D eigenvalue weighted by Gasteiger charge is -2.57. The number of nitrogens with zero attached hydrogens (tertiary/aromatic N) is 1. The third-order valence-corrected chi connectivity index (χ3v) is 7.44. The van der Waals surface area contributed by atoms with E-state index >= 15 is 0 Å². The Morgan fingerprint density at radius 3 is 2.92 bits per heavy atom. The van der Waals surface area contributed by atoms with Crippen LogP contribution in [-0.4, -0.2) is 48.3 Å². The SMILES string of the molecule is COC(=O)C1=C2Nc3ccccc3[C@@]23CCN2CCC[C@@]([C@H](C)O)(C1)[C@H]23. The van der Waals surface area contributed by atoms with Crippen molar-refractivity contribution >= 4 is 11.7 Å². The minimum absolute atomic E-state index is 0.225. The summed E-state index contributed by atoms with van der Waals surface area (Å²) in [4.78, 5) is 15.3. The quantitative estimate of drug-likeness (QED) is 0.799. The fourth-order valence-electron chi connectivity index (χ4n) is 6.48. The molecule has 2 saturated heterocycles. The zero-order chi connectivity index (χ0) is 18.1. The van der Waals surface area contributed by atoms with Gasteiger partial charge in [-0.15, -0.1) is 0 Å². The van der Waals surface area contributed by atoms with Crippen LogP contribution in [0.25, 0.3) is 0 Å². The molecule has 0 aromatic heterocycles. The van der Waals surface area contributed by atoms with E-state index in [-0.39, 0.29) is 22.8 Å². The number of anilines is 1. The average Bonchev–Trinajstić information content (AvgIpc) is 3.21. The minimum Gasteiger partial charge on any atom is -0.466 e. The van der Waals surface area contributed by atoms with Gasteiger partial charge in [0.25, 0.3) is 0 Å². The summed E-state index contributed by atoms with van der Waals surface area (Å²) in [7, 11) is 1.45. The molecule has 0 bridgehead atoms. The van der Waals surface area contributed by atoms with Gasteiger partial charge in [0.2, 0.25) is 0 Å². The monoisotopic (exact) mass is 354 g/mol. The topological polar surface area (TPSA) is 61.8 Å². The van der Waals surface area contributed by atoms with Crippen LogP contribution in [0.4, 0.5) is 5.69 Å². The van der Waals surface area contributed by atoms with E-state index in [1.807, 2.05) is 13.0 Å². The molecule has 1 aromatic carbocycles. The highest BCUT2D eigenvalue weighted by Crippen LogP contribution is 2.65. The second-order valence-electron chi connectivity index (χ2n) is 8.37. The number of carbonyl (C=O) groups is 1. The van der Waals surface area contributed by atoms with Crippen LogP contribution in [0.5, 0.6) is 0 Å². The van der Waals surface area contributed by atoms with E-state index in [0.29, 0.717) is 6.42 Å². The van der Waals surface area contributed by atoms with E-state index in [9.17, 15) is 9.90 Å². The predicted octanol–water partition coefficient (Wildman–Crippen LogP) is 2.42. The number of piperidine rings is 1. The van der Waals surface area contributed by atoms with E-state index in [0.717, 1.165) is 49.3 Å². The number of carbonyl (C=O) groups excluding carboxylic acids is 1. The van der Waals surface area contributed by atoms with Gasteiger partial charge in [0.15, 0.2) is 0 Å². The van der Waals surface area contributed by atoms with Gasteiger partial charge in [-0.2, -0.15) is 0 Å². The van der Waals surface area contributed by atoms with E-state index in [1.165, 1.54) is 12.7 Å². The smallest absolute Gasteiger partial charge is 0.335 e. The molecule has 0 amide bonds. The Morgan fingerprint density at radius 1 is 1.35 bits per heavy atom. The van der Waals surface area contributed by atoms with Gasteiger partial charge in [-0.3, -0.25) is 4.90 Å². The molecule has 2 fully saturated rings. The molecule has 0 saturated carbocycles. The number of benzene rings is 1. The summed E-state index contributed by atoms with van der Waals surface area (Å²) in [5.41, 5.74) is 3.57. The maximum atomic E-state index is 12.8. The number of ether oxygens (including phenoxy) is 1. The van der Waals surface area contributed by atoms with E-state index in [2.05, 4.69) is 28.4 Å². The third-order valence-electron chi connectivity index (χ3n) is 7.44. The molecule has 5 nitrogen and oxygen atoms in total. The van der Waals surface area contributed by atoms with Crippen LogP contribution in [0, 0.1) is 5.41 Å². The number of rotatable bonds is 2. The first kappa shape index (κ1) is 16.3. The Balaban J connectivity index is 1.82. The molecule has 5 rings (SSSR count). The molecule has 138 valence electrons. The Morgan fingerprint density at radius 2 is 2.15 bits per heavy atom. The molecular formula is C21H26N2O3. The first-order valence-corrected chi connectivity index (χ1v) is 9.65. The summed E-state index contributed by atoms with van der Waals surface area (Å²) >= 11 is 0. The maximum absolute atomic E-state index is 12.8. The van der Waals surface area contributed by atoms with Crippen molar-refractivity contribution < 1.29 is 14.6 Å². The zero-order valence-corrected chi connectivity index (χ0v) is 15.4. The van der Waals surface area contributed by atoms with E-state index < -0.39 is 6.10 Å². The molecule has 4 atom stereocenters. The number of nitrogens with one attached hydrogen (secondary N) is 1. The van der Waals surface area contributed by atoms with E-state index in [4.69, 9.17) is 4.74 Å². The van der Waals surface area contributed by atoms with Crippen molar-refractivity contribution in [2.45, 2.75) is 50.2 Å². The molecule has 1 aromatic rings. The molecule has 2 N–H and O–H groups in total. The van der Waals surface area contributed by atoms with Gasteiger partial charge < -0.3 is 15.2 Å². The highest BCUT2D eigenvalue weighted by molar-refractivity contribution is 5.93. The summed E-state index contributed by atoms with van der Waals surface area (Å²) in [5.74, 6) is -0.262. The molecular weight excluding hydrogens is 328 g/mol. The Kier molecular flexibility index (Phi) is 3.35. The van der Waals surface area contributed by atoms with Crippen LogP contribution < -0.4 is 5.32 Å². The highest BCUT2D eigenvalue weighted by Gasteiger charge is 2.67. The second kappa shape index (κ2) is 5.33. The number of aliphatic hydroxyl groups excluding tert-OH is 1. The molecule has 4 aliphatic rings. The zero-order valence-electron chi connectivity index (χ0n) is 15.4. The lowest BCUT2D eigenvalue weighted by atomic mass is 9.53. The van der Waals surface area contributed by atoms with Crippen LogP contribution in [0.1, 0.15) is 38.2 Å². The summed E-state index contributed by atoms with van der Waals surface area (Å²) in [6, 6.07) is 8.64. The molecule has 3 heterocycles. The number of hydrogen-bond acceptors (Lipinski definition) is 5. The van der Waals surface area contributed by atoms with Gasteiger partial charge in [0.1, 0.15) is 0 Å². The Hall–Kier alpha value is -1.85. The van der Waals surface area contributed by atoms with Crippen LogP contribution in [-0.2, 0) is 14.9 Å². The Labute approximate surface area is 154 Å². The van der Waals surface area contributed by atoms with Gasteiger partial charge in [-0.25, -0.2) is 4.79 Å². The standard InChI is InChI=1S/C21H26N2O3/c1-13(24)20-8-5-10-23-11-9-21(19(20)23)15-6-3-4-7-16(15)22-17(21)14(12-20)18(25)26-2/h3-4,6-7,13,19,22,24H,5,8-12H2,1-2H3/t13-,19-,20-,21-/m0/s1. The van der Waals surface area contributed by atoms with Crippen molar-refractivity contribution in [1.82, 2.24) is 4.90 Å². The van der Waals surface area contributed by atoms with Crippen LogP contribution in [0.3, 0.4) is 0 Å². The molecule has 0 unspecified atom stereocenters. The molecule has 5 heteroatoms. The van der Waals surface area contributed by atoms with Gasteiger partial charge in [-0.1, -0.05) is 18.2 Å². The van der Waals surface area contributed by atoms with Crippen molar-refractivity contribution in [3.05, 3.63) is 41.1 Å². The van der Waals surface area contributed by atoms with Crippen LogP contribution >= 0.6 is 0 Å². The molecule has 3 aliphatic heterocycles. The second-order valence-corrected chi connectivity index (χ2v) is 8.37. The number of hydrogen-bond donors (Lipinski definition) is 2. The fourth-order valence-corrected chi connectivity index (χ4v) is 6.48. The lowest BCUT2D eigenvalue weighted by molar-refractivity contribution is -0.138. The number of para-hydroxylation sites is 1. The van der Waals surface area contributed by atoms with Gasteiger partial charge >= 0.3 is 5.97 Å². The molecule has 1 aliphatic carbocycles. The number of aliphatic hydroxyl groups is 1. The number of esters is 1. The third kappa shape index (κ3) is 1.75. The summed E-state index contributed by atoms with van der Waals surface area (Å²) in [5, 5.41) is 14.5. The van der Waals surface area contributed by atoms with Crippen molar-refractivity contribution in [3.63, 3.8) is 0 Å². The van der Waals surface area contributed by atoms with Crippen LogP contribution in [0.2, 0.25) is 0 Å². The van der Waals surface area contributed by atoms with Crippen molar-refractivity contribution in [1.29, 1.82) is 0 Å². The predicted molar refractivity (Wildman–Crippen MR) is 98.7 cm³/mol. The van der Waals surface area contributed by atoms with Crippen LogP contribution in [0.15, 0.2) is 35.5 Å². The van der Waals surface area contributed by atoms with E-state index in [1.54, 1.807) is 0 Å². The molecule has 1 spiro atoms. The van der Waals surface area contributed by atoms with Gasteiger partial charge in [0.05, 0.1) is 24.2 Å². The number of fused-ring (bicyclic) bond motifs is 1. The van der Waals surface area contributed by atoms with Crippen molar-refractivity contribution in [2.75, 3.05) is 25.5 Å². The molecule has 0 radical (unpaired) electrons. The fraction of sp³-hybridized carbons (Fsp3) is 0.571. The van der Waals surface area contributed by atoms with Crippen molar-refractivity contribution in [3.8, 4) is 0 Å². The lowest BCUT2D eigenvalue weighted by Crippen LogP contribution is -2.63. The largest absolute Gasteiger partial charge is 0.466 e. The minimum atomic E-state index is -0.473. The summed E-state index contributed by atoms with van der Waals surface area (Å²) in [6.45, 7) is 3.99. The highest BCUT2D eigenvalue weighted by atomic mass is 16.5. The summed E-state index contributed by atoms with van der Waals surface area (Å²) in [6.07, 6.45) is 3.10. The first-order chi connectivity index (χ1) is 12.5. The van der Waals surface area contributed by atoms with Gasteiger partial charge in [-0.05, 0) is 57.3 Å². The Bertz CT molecular complexity index is 817. The van der Waals surface area contributed by atoms with Gasteiger partial charge in [0, 0.05) is 22.8 Å². The average molecular weight is 354 g/mol. The normalized spacial score (nSPS) is 36.0. The van der Waals surface area contributed by atoms with Crippen molar-refractivity contribution in [2.24, 2.45) is 5.41 Å². The first-order valence-electron chi connectivity index (χ1n) is 9.65. The summed E-state index contributed by atoms with van der Waals surface area (Å²) < 4.78 is 5.17.